The number of methoxy groups -OCH3 is 1. The Morgan fingerprint density at radius 3 is 2.80 bits per heavy atom. The molecule has 0 aliphatic heterocycles. The number of nitrogens with zero attached hydrogens (tertiary/aromatic N) is 1. The number of hydrogen-bond acceptors (Lipinski definition) is 2. The summed E-state index contributed by atoms with van der Waals surface area (Å²) in [6.07, 6.45) is 2.80. The van der Waals surface area contributed by atoms with E-state index in [1.807, 2.05) is 12.1 Å². The molecule has 0 aliphatic carbocycles. The van der Waals surface area contributed by atoms with Crippen LogP contribution in [0.3, 0.4) is 0 Å². The van der Waals surface area contributed by atoms with Crippen LogP contribution in [0, 0.1) is 0 Å². The molecule has 0 aliphatic rings. The number of rotatable bonds is 6. The molecule has 0 aromatic carbocycles. The summed E-state index contributed by atoms with van der Waals surface area (Å²) in [6.45, 7) is 4.95. The molecule has 0 amide bonds. The third-order valence-electron chi connectivity index (χ3n) is 2.75. The second-order valence-corrected chi connectivity index (χ2v) is 3.74. The molecule has 1 atom stereocenters. The predicted octanol–water partition coefficient (Wildman–Crippen LogP) is 2.46. The van der Waals surface area contributed by atoms with E-state index in [0.29, 0.717) is 12.6 Å². The average Bonchev–Trinajstić information content (AvgIpc) is 2.68. The van der Waals surface area contributed by atoms with E-state index >= 15 is 0 Å². The van der Waals surface area contributed by atoms with Crippen molar-refractivity contribution in [1.29, 1.82) is 0 Å². The van der Waals surface area contributed by atoms with Crippen molar-refractivity contribution >= 4 is 6.29 Å². The second kappa shape index (κ2) is 5.71. The molecule has 0 spiro atoms. The lowest BCUT2D eigenvalue weighted by molar-refractivity contribution is 0.111. The Hall–Kier alpha value is -1.09. The van der Waals surface area contributed by atoms with E-state index in [4.69, 9.17) is 4.74 Å². The first-order chi connectivity index (χ1) is 7.24. The summed E-state index contributed by atoms with van der Waals surface area (Å²) >= 11 is 0. The maximum atomic E-state index is 10.9. The van der Waals surface area contributed by atoms with Gasteiger partial charge in [-0.25, -0.2) is 0 Å². The van der Waals surface area contributed by atoms with Crippen LogP contribution in [0.4, 0.5) is 0 Å². The minimum absolute atomic E-state index is 0.368. The second-order valence-electron chi connectivity index (χ2n) is 3.74. The van der Waals surface area contributed by atoms with Gasteiger partial charge in [-0.2, -0.15) is 0 Å². The fourth-order valence-electron chi connectivity index (χ4n) is 1.73. The summed E-state index contributed by atoms with van der Waals surface area (Å²) in [6, 6.07) is 4.26. The summed E-state index contributed by atoms with van der Waals surface area (Å²) in [5.74, 6) is 0. The zero-order chi connectivity index (χ0) is 11.3. The number of carbonyl (C=O) groups excluding carboxylic acids is 1. The summed E-state index contributed by atoms with van der Waals surface area (Å²) in [5, 5.41) is 0. The maximum Gasteiger partial charge on any atom is 0.166 e. The topological polar surface area (TPSA) is 31.2 Å². The van der Waals surface area contributed by atoms with E-state index in [2.05, 4.69) is 18.4 Å². The van der Waals surface area contributed by atoms with Gasteiger partial charge in [0.15, 0.2) is 6.29 Å². The van der Waals surface area contributed by atoms with Crippen molar-refractivity contribution in [3.8, 4) is 0 Å². The van der Waals surface area contributed by atoms with E-state index in [-0.39, 0.29) is 0 Å². The van der Waals surface area contributed by atoms with Gasteiger partial charge in [-0.3, -0.25) is 4.79 Å². The molecule has 0 saturated heterocycles. The third-order valence-corrected chi connectivity index (χ3v) is 2.75. The molecule has 1 aromatic rings. The van der Waals surface area contributed by atoms with Crippen LogP contribution in [0.1, 0.15) is 42.5 Å². The van der Waals surface area contributed by atoms with Crippen LogP contribution in [0.15, 0.2) is 12.1 Å². The van der Waals surface area contributed by atoms with Gasteiger partial charge in [0, 0.05) is 25.3 Å². The average molecular weight is 209 g/mol. The first-order valence-corrected chi connectivity index (χ1v) is 5.38. The molecule has 1 aromatic heterocycles. The van der Waals surface area contributed by atoms with Gasteiger partial charge in [0.2, 0.25) is 0 Å². The van der Waals surface area contributed by atoms with E-state index < -0.39 is 0 Å². The van der Waals surface area contributed by atoms with Crippen LogP contribution >= 0.6 is 0 Å². The van der Waals surface area contributed by atoms with Gasteiger partial charge in [0.25, 0.3) is 0 Å². The van der Waals surface area contributed by atoms with Gasteiger partial charge in [0.1, 0.15) is 0 Å². The van der Waals surface area contributed by atoms with Gasteiger partial charge < -0.3 is 9.30 Å². The molecule has 0 N–H and O–H groups in total. The van der Waals surface area contributed by atoms with Crippen molar-refractivity contribution in [2.75, 3.05) is 13.7 Å². The smallest absolute Gasteiger partial charge is 0.166 e. The maximum absolute atomic E-state index is 10.9. The molecule has 0 unspecified atom stereocenters. The molecule has 0 bridgehead atoms. The lowest BCUT2D eigenvalue weighted by Crippen LogP contribution is -2.12. The fraction of sp³-hybridized carbons (Fsp3) is 0.583. The molecule has 0 radical (unpaired) electrons. The van der Waals surface area contributed by atoms with E-state index in [0.717, 1.165) is 24.8 Å². The zero-order valence-corrected chi connectivity index (χ0v) is 9.69. The Kier molecular flexibility index (Phi) is 4.56. The summed E-state index contributed by atoms with van der Waals surface area (Å²) in [5.41, 5.74) is 1.93. The van der Waals surface area contributed by atoms with Crippen molar-refractivity contribution in [1.82, 2.24) is 4.57 Å². The van der Waals surface area contributed by atoms with E-state index in [1.165, 1.54) is 5.69 Å². The minimum Gasteiger partial charge on any atom is -0.384 e. The number of aldehydes is 1. The Morgan fingerprint density at radius 1 is 1.53 bits per heavy atom. The number of hydrogen-bond donors (Lipinski definition) is 0. The van der Waals surface area contributed by atoms with Crippen LogP contribution in [0.2, 0.25) is 0 Å². The molecular weight excluding hydrogens is 190 g/mol. The molecule has 1 rings (SSSR count). The Balaban J connectivity index is 2.94. The summed E-state index contributed by atoms with van der Waals surface area (Å²) < 4.78 is 7.16. The third kappa shape index (κ3) is 2.69. The van der Waals surface area contributed by atoms with Crippen LogP contribution in [-0.2, 0) is 11.2 Å². The quantitative estimate of drug-likeness (QED) is 0.674. The number of aromatic nitrogens is 1. The zero-order valence-electron chi connectivity index (χ0n) is 9.69. The van der Waals surface area contributed by atoms with Crippen molar-refractivity contribution in [3.63, 3.8) is 0 Å². The Labute approximate surface area is 91.0 Å². The summed E-state index contributed by atoms with van der Waals surface area (Å²) in [4.78, 5) is 10.9. The van der Waals surface area contributed by atoms with E-state index in [9.17, 15) is 4.79 Å². The Bertz CT molecular complexity index is 317. The van der Waals surface area contributed by atoms with Gasteiger partial charge in [0.05, 0.1) is 12.3 Å². The normalized spacial score (nSPS) is 12.7. The molecule has 3 heteroatoms. The highest BCUT2D eigenvalue weighted by Gasteiger charge is 2.11. The highest BCUT2D eigenvalue weighted by molar-refractivity contribution is 5.72. The molecule has 1 heterocycles. The van der Waals surface area contributed by atoms with Crippen molar-refractivity contribution in [2.45, 2.75) is 32.7 Å². The molecule has 0 fully saturated rings. The van der Waals surface area contributed by atoms with Gasteiger partial charge in [-0.1, -0.05) is 6.92 Å². The molecule has 15 heavy (non-hydrogen) atoms. The lowest BCUT2D eigenvalue weighted by Gasteiger charge is -2.17. The van der Waals surface area contributed by atoms with Gasteiger partial charge >= 0.3 is 0 Å². The highest BCUT2D eigenvalue weighted by atomic mass is 16.5. The van der Waals surface area contributed by atoms with Crippen LogP contribution < -0.4 is 0 Å². The molecule has 3 nitrogen and oxygen atoms in total. The number of carbonyl (C=O) groups is 1. The standard InChI is InChI=1S/C12H19NO2/c1-4-10(2)13-11(7-8-15-3)5-6-12(13)9-14/h5-6,9-10H,4,7-8H2,1-3H3/t10-/m1/s1. The van der Waals surface area contributed by atoms with Crippen LogP contribution in [0.5, 0.6) is 0 Å². The number of ether oxygens (including phenoxy) is 1. The lowest BCUT2D eigenvalue weighted by atomic mass is 10.2. The van der Waals surface area contributed by atoms with Crippen molar-refractivity contribution in [2.24, 2.45) is 0 Å². The minimum atomic E-state index is 0.368. The summed E-state index contributed by atoms with van der Waals surface area (Å²) in [7, 11) is 1.69. The molecule has 84 valence electrons. The highest BCUT2D eigenvalue weighted by Crippen LogP contribution is 2.18. The van der Waals surface area contributed by atoms with E-state index in [1.54, 1.807) is 7.11 Å². The van der Waals surface area contributed by atoms with Crippen LogP contribution in [-0.4, -0.2) is 24.6 Å². The van der Waals surface area contributed by atoms with Crippen LogP contribution in [0.25, 0.3) is 0 Å². The fourth-order valence-corrected chi connectivity index (χ4v) is 1.73. The van der Waals surface area contributed by atoms with Crippen molar-refractivity contribution in [3.05, 3.63) is 23.5 Å². The Morgan fingerprint density at radius 2 is 2.27 bits per heavy atom. The van der Waals surface area contributed by atoms with Gasteiger partial charge in [-0.05, 0) is 25.5 Å². The molecular formula is C12H19NO2. The largest absolute Gasteiger partial charge is 0.384 e. The van der Waals surface area contributed by atoms with Gasteiger partial charge in [-0.15, -0.1) is 0 Å². The SMILES string of the molecule is CC[C@@H](C)n1c(C=O)ccc1CCOC. The monoisotopic (exact) mass is 209 g/mol. The first-order valence-electron chi connectivity index (χ1n) is 5.38. The van der Waals surface area contributed by atoms with Crippen molar-refractivity contribution < 1.29 is 9.53 Å². The predicted molar refractivity (Wildman–Crippen MR) is 60.4 cm³/mol. The molecule has 0 saturated carbocycles. The first kappa shape index (κ1) is 12.0.